The molecule has 9 nitrogen and oxygen atoms in total. The van der Waals surface area contributed by atoms with E-state index in [0.29, 0.717) is 12.4 Å². The highest BCUT2D eigenvalue weighted by molar-refractivity contribution is 9.10. The first-order chi connectivity index (χ1) is 18.8. The van der Waals surface area contributed by atoms with Gasteiger partial charge in [0.15, 0.2) is 23.5 Å². The van der Waals surface area contributed by atoms with Crippen molar-refractivity contribution in [2.45, 2.75) is 64.1 Å². The molecule has 2 aromatic carbocycles. The minimum atomic E-state index is -0.817. The van der Waals surface area contributed by atoms with Gasteiger partial charge in [-0.1, -0.05) is 58.4 Å². The summed E-state index contributed by atoms with van der Waals surface area (Å²) in [6.07, 6.45) is 0.231. The number of rotatable bonds is 8. The molecule has 0 aliphatic carbocycles. The molecule has 2 aliphatic heterocycles. The van der Waals surface area contributed by atoms with Crippen LogP contribution in [0.3, 0.4) is 0 Å². The number of imidazole rings is 1. The van der Waals surface area contributed by atoms with E-state index in [1.165, 1.54) is 5.56 Å². The van der Waals surface area contributed by atoms with Gasteiger partial charge in [0.05, 0.1) is 6.61 Å². The second kappa shape index (κ2) is 11.6. The Kier molecular flexibility index (Phi) is 8.16. The highest BCUT2D eigenvalue weighted by Crippen LogP contribution is 2.44. The molecule has 0 saturated carbocycles. The normalized spacial score (nSPS) is 23.9. The first-order valence-corrected chi connectivity index (χ1v) is 13.7. The van der Waals surface area contributed by atoms with Crippen LogP contribution in [0.1, 0.15) is 43.8 Å². The second-order valence-corrected chi connectivity index (χ2v) is 11.1. The molecular weight excluding hydrogens is 562 g/mol. The van der Waals surface area contributed by atoms with E-state index in [1.54, 1.807) is 10.9 Å². The van der Waals surface area contributed by atoms with Gasteiger partial charge in [-0.05, 0) is 50.5 Å². The number of benzene rings is 2. The molecular formula is C29H32BrN5O4. The molecule has 3 aromatic rings. The molecule has 0 radical (unpaired) electrons. The number of hydrogen-bond acceptors (Lipinski definition) is 7. The van der Waals surface area contributed by atoms with Crippen LogP contribution in [0.15, 0.2) is 70.4 Å². The first kappa shape index (κ1) is 27.5. The maximum atomic E-state index is 9.92. The summed E-state index contributed by atoms with van der Waals surface area (Å²) in [5.74, 6) is 0.307. The van der Waals surface area contributed by atoms with Gasteiger partial charge < -0.3 is 24.2 Å². The zero-order valence-electron chi connectivity index (χ0n) is 22.2. The summed E-state index contributed by atoms with van der Waals surface area (Å²) in [7, 11) is 0. The molecule has 0 bridgehead atoms. The lowest BCUT2D eigenvalue weighted by Crippen LogP contribution is -2.31. The van der Waals surface area contributed by atoms with Crippen LogP contribution in [0.4, 0.5) is 5.82 Å². The van der Waals surface area contributed by atoms with Crippen LogP contribution >= 0.6 is 15.9 Å². The number of aliphatic hydroxyl groups excluding tert-OH is 1. The van der Waals surface area contributed by atoms with Crippen LogP contribution in [0.2, 0.25) is 0 Å². The Labute approximate surface area is 236 Å². The van der Waals surface area contributed by atoms with Crippen molar-refractivity contribution in [3.8, 4) is 6.07 Å². The van der Waals surface area contributed by atoms with Crippen molar-refractivity contribution in [2.75, 3.05) is 13.2 Å². The van der Waals surface area contributed by atoms with E-state index in [-0.39, 0.29) is 12.3 Å². The van der Waals surface area contributed by atoms with Crippen molar-refractivity contribution in [3.63, 3.8) is 0 Å². The number of nitriles is 1. The Morgan fingerprint density at radius 1 is 1.13 bits per heavy atom. The number of ether oxygens (including phenoxy) is 3. The van der Waals surface area contributed by atoms with E-state index in [9.17, 15) is 10.4 Å². The van der Waals surface area contributed by atoms with E-state index in [4.69, 9.17) is 19.2 Å². The summed E-state index contributed by atoms with van der Waals surface area (Å²) < 4.78 is 21.1. The summed E-state index contributed by atoms with van der Waals surface area (Å²) in [5, 5.41) is 19.8. The Bertz CT molecular complexity index is 1350. The zero-order valence-corrected chi connectivity index (χ0v) is 23.8. The van der Waals surface area contributed by atoms with Crippen molar-refractivity contribution in [3.05, 3.63) is 82.2 Å². The molecule has 3 heterocycles. The monoisotopic (exact) mass is 593 g/mol. The molecule has 4 atom stereocenters. The van der Waals surface area contributed by atoms with E-state index in [0.717, 1.165) is 28.8 Å². The summed E-state index contributed by atoms with van der Waals surface area (Å²) in [6.45, 7) is 6.78. The Morgan fingerprint density at radius 2 is 1.85 bits per heavy atom. The number of halogens is 1. The maximum absolute atomic E-state index is 9.92. The molecule has 5 rings (SSSR count). The summed E-state index contributed by atoms with van der Waals surface area (Å²) in [6, 6.07) is 20.7. The number of aliphatic imine (C=N–C) groups is 1. The third kappa shape index (κ3) is 6.08. The van der Waals surface area contributed by atoms with Crippen LogP contribution in [0.5, 0.6) is 0 Å². The topological polar surface area (TPSA) is 105 Å². The van der Waals surface area contributed by atoms with Gasteiger partial charge in [0, 0.05) is 17.6 Å². The van der Waals surface area contributed by atoms with Crippen molar-refractivity contribution in [2.24, 2.45) is 4.99 Å². The van der Waals surface area contributed by atoms with Crippen molar-refractivity contribution >= 4 is 27.6 Å². The number of amidine groups is 1. The molecule has 0 spiro atoms. The molecule has 1 aromatic heterocycles. The predicted molar refractivity (Wildman–Crippen MR) is 149 cm³/mol. The van der Waals surface area contributed by atoms with Gasteiger partial charge in [-0.25, -0.2) is 9.98 Å². The maximum Gasteiger partial charge on any atom is 0.185 e. The number of aromatic nitrogens is 2. The molecule has 39 heavy (non-hydrogen) atoms. The number of aliphatic hydroxyl groups is 1. The van der Waals surface area contributed by atoms with E-state index in [1.807, 2.05) is 51.1 Å². The van der Waals surface area contributed by atoms with Gasteiger partial charge in [-0.2, -0.15) is 5.26 Å². The lowest BCUT2D eigenvalue weighted by atomic mass is 10.1. The SMILES string of the molecule is C/C(=N\c1c(C#N)ncn1[C@@H]1O[C@H](CO)[C@H]2OC(C)(C)O[C@H]21)N(CCc1ccc(Br)cc1)Cc1ccccc1. The van der Waals surface area contributed by atoms with Gasteiger partial charge in [-0.3, -0.25) is 4.57 Å². The predicted octanol–water partition coefficient (Wildman–Crippen LogP) is 4.72. The average Bonchev–Trinajstić information content (AvgIpc) is 3.57. The quantitative estimate of drug-likeness (QED) is 0.297. The second-order valence-electron chi connectivity index (χ2n) is 10.2. The minimum absolute atomic E-state index is 0.188. The summed E-state index contributed by atoms with van der Waals surface area (Å²) >= 11 is 3.50. The van der Waals surface area contributed by atoms with Gasteiger partial charge in [0.2, 0.25) is 0 Å². The van der Waals surface area contributed by atoms with Gasteiger partial charge in [0.25, 0.3) is 0 Å². The van der Waals surface area contributed by atoms with Crippen molar-refractivity contribution in [1.29, 1.82) is 5.26 Å². The van der Waals surface area contributed by atoms with E-state index in [2.05, 4.69) is 56.1 Å². The molecule has 2 fully saturated rings. The van der Waals surface area contributed by atoms with Crippen LogP contribution in [0.25, 0.3) is 0 Å². The Hall–Kier alpha value is -3.07. The molecule has 10 heteroatoms. The largest absolute Gasteiger partial charge is 0.394 e. The number of hydrogen-bond donors (Lipinski definition) is 1. The number of fused-ring (bicyclic) bond motifs is 1. The Balaban J connectivity index is 1.45. The third-order valence-corrected chi connectivity index (χ3v) is 7.51. The molecule has 2 saturated heterocycles. The highest BCUT2D eigenvalue weighted by atomic mass is 79.9. The van der Waals surface area contributed by atoms with Gasteiger partial charge in [-0.15, -0.1) is 0 Å². The molecule has 0 unspecified atom stereocenters. The molecule has 1 N–H and O–H groups in total. The zero-order chi connectivity index (χ0) is 27.6. The third-order valence-electron chi connectivity index (χ3n) is 6.98. The summed E-state index contributed by atoms with van der Waals surface area (Å²) in [5.41, 5.74) is 2.56. The molecule has 0 amide bonds. The Morgan fingerprint density at radius 3 is 2.54 bits per heavy atom. The van der Waals surface area contributed by atoms with Gasteiger partial charge >= 0.3 is 0 Å². The molecule has 204 valence electrons. The van der Waals surface area contributed by atoms with Crippen LogP contribution < -0.4 is 0 Å². The highest BCUT2D eigenvalue weighted by Gasteiger charge is 2.56. The van der Waals surface area contributed by atoms with E-state index < -0.39 is 30.3 Å². The minimum Gasteiger partial charge on any atom is -0.394 e. The van der Waals surface area contributed by atoms with Crippen LogP contribution in [-0.4, -0.2) is 62.6 Å². The van der Waals surface area contributed by atoms with Crippen LogP contribution in [-0.2, 0) is 27.2 Å². The lowest BCUT2D eigenvalue weighted by molar-refractivity contribution is -0.199. The summed E-state index contributed by atoms with van der Waals surface area (Å²) in [4.78, 5) is 11.4. The lowest BCUT2D eigenvalue weighted by Gasteiger charge is -2.26. The van der Waals surface area contributed by atoms with Crippen LogP contribution in [0, 0.1) is 11.3 Å². The fraction of sp³-hybridized carbons (Fsp3) is 0.414. The van der Waals surface area contributed by atoms with E-state index >= 15 is 0 Å². The first-order valence-electron chi connectivity index (χ1n) is 13.0. The standard InChI is InChI=1S/C29H32BrN5O4/c1-19(34(16-21-7-5-4-6-8-21)14-13-20-9-11-22(30)12-10-20)33-27-23(15-31)32-18-35(27)28-26-25(24(17-36)37-28)38-29(2,3)39-26/h4-12,18,24-26,28,36H,13-14,16-17H2,1-3H3/b33-19+/t24-,25-,26-,28-/m1/s1. The number of nitrogens with zero attached hydrogens (tertiary/aromatic N) is 5. The fourth-order valence-corrected chi connectivity index (χ4v) is 5.32. The van der Waals surface area contributed by atoms with Crippen molar-refractivity contribution in [1.82, 2.24) is 14.5 Å². The van der Waals surface area contributed by atoms with Crippen molar-refractivity contribution < 1.29 is 19.3 Å². The van der Waals surface area contributed by atoms with Gasteiger partial charge in [0.1, 0.15) is 36.5 Å². The fourth-order valence-electron chi connectivity index (χ4n) is 5.06. The average molecular weight is 595 g/mol. The molecule has 2 aliphatic rings. The smallest absolute Gasteiger partial charge is 0.185 e.